The van der Waals surface area contributed by atoms with Gasteiger partial charge in [-0.1, -0.05) is 25.5 Å². The van der Waals surface area contributed by atoms with Gasteiger partial charge in [-0.05, 0) is 46.8 Å². The molecule has 1 aromatic carbocycles. The first-order chi connectivity index (χ1) is 7.06. The SMILES string of the molecule is CCC(Cc1cccc(F)c1Br)C(C)N. The Labute approximate surface area is 99.0 Å². The summed E-state index contributed by atoms with van der Waals surface area (Å²) in [5, 5.41) is 0. The Kier molecular flexibility index (Phi) is 4.74. The maximum atomic E-state index is 13.3. The van der Waals surface area contributed by atoms with Gasteiger partial charge in [-0.15, -0.1) is 0 Å². The highest BCUT2D eigenvalue weighted by molar-refractivity contribution is 9.10. The summed E-state index contributed by atoms with van der Waals surface area (Å²) in [5.74, 6) is 0.204. The molecule has 0 spiro atoms. The number of halogens is 2. The van der Waals surface area contributed by atoms with Crippen molar-refractivity contribution >= 4 is 15.9 Å². The fourth-order valence-electron chi connectivity index (χ4n) is 1.69. The second-order valence-electron chi connectivity index (χ2n) is 3.94. The minimum Gasteiger partial charge on any atom is -0.328 e. The number of hydrogen-bond donors (Lipinski definition) is 1. The third kappa shape index (κ3) is 3.28. The first-order valence-corrected chi connectivity index (χ1v) is 6.04. The van der Waals surface area contributed by atoms with E-state index in [4.69, 9.17) is 5.73 Å². The van der Waals surface area contributed by atoms with E-state index in [0.29, 0.717) is 10.4 Å². The van der Waals surface area contributed by atoms with Crippen LogP contribution >= 0.6 is 15.9 Å². The standard InChI is InChI=1S/C12H17BrFN/c1-3-9(8(2)15)7-10-5-4-6-11(14)12(10)13/h4-6,8-9H,3,7,15H2,1-2H3. The van der Waals surface area contributed by atoms with Crippen molar-refractivity contribution in [2.24, 2.45) is 11.7 Å². The van der Waals surface area contributed by atoms with Gasteiger partial charge in [-0.25, -0.2) is 4.39 Å². The van der Waals surface area contributed by atoms with E-state index in [9.17, 15) is 4.39 Å². The van der Waals surface area contributed by atoms with E-state index in [-0.39, 0.29) is 11.9 Å². The first-order valence-electron chi connectivity index (χ1n) is 5.24. The molecule has 0 amide bonds. The van der Waals surface area contributed by atoms with Gasteiger partial charge in [-0.3, -0.25) is 0 Å². The van der Waals surface area contributed by atoms with Crippen molar-refractivity contribution in [1.29, 1.82) is 0 Å². The predicted molar refractivity (Wildman–Crippen MR) is 65.2 cm³/mol. The molecule has 1 rings (SSSR count). The topological polar surface area (TPSA) is 26.0 Å². The van der Waals surface area contributed by atoms with Crippen LogP contribution in [0, 0.1) is 11.7 Å². The molecule has 1 aromatic rings. The molecule has 3 heteroatoms. The lowest BCUT2D eigenvalue weighted by molar-refractivity contribution is 0.426. The van der Waals surface area contributed by atoms with E-state index >= 15 is 0 Å². The van der Waals surface area contributed by atoms with Crippen molar-refractivity contribution in [2.75, 3.05) is 0 Å². The Balaban J connectivity index is 2.84. The molecule has 84 valence electrons. The summed E-state index contributed by atoms with van der Waals surface area (Å²) in [4.78, 5) is 0. The van der Waals surface area contributed by atoms with Crippen molar-refractivity contribution in [3.05, 3.63) is 34.1 Å². The van der Waals surface area contributed by atoms with Gasteiger partial charge in [0, 0.05) is 6.04 Å². The maximum absolute atomic E-state index is 13.3. The van der Waals surface area contributed by atoms with Gasteiger partial charge in [0.25, 0.3) is 0 Å². The van der Waals surface area contributed by atoms with Crippen molar-refractivity contribution < 1.29 is 4.39 Å². The Morgan fingerprint density at radius 2 is 2.13 bits per heavy atom. The molecule has 0 radical (unpaired) electrons. The normalized spacial score (nSPS) is 15.0. The maximum Gasteiger partial charge on any atom is 0.137 e. The highest BCUT2D eigenvalue weighted by Gasteiger charge is 2.14. The van der Waals surface area contributed by atoms with Crippen LogP contribution in [0.15, 0.2) is 22.7 Å². The summed E-state index contributed by atoms with van der Waals surface area (Å²) in [6.45, 7) is 4.11. The van der Waals surface area contributed by atoms with Crippen LogP contribution in [0.2, 0.25) is 0 Å². The van der Waals surface area contributed by atoms with E-state index < -0.39 is 0 Å². The van der Waals surface area contributed by atoms with Crippen molar-refractivity contribution in [3.63, 3.8) is 0 Å². The van der Waals surface area contributed by atoms with Crippen LogP contribution in [0.1, 0.15) is 25.8 Å². The molecule has 0 aliphatic carbocycles. The van der Waals surface area contributed by atoms with Crippen molar-refractivity contribution in [2.45, 2.75) is 32.7 Å². The molecular weight excluding hydrogens is 257 g/mol. The van der Waals surface area contributed by atoms with E-state index in [1.807, 2.05) is 13.0 Å². The fourth-order valence-corrected chi connectivity index (χ4v) is 2.12. The number of nitrogens with two attached hydrogens (primary N) is 1. The van der Waals surface area contributed by atoms with Crippen LogP contribution < -0.4 is 5.73 Å². The molecule has 0 saturated carbocycles. The lowest BCUT2D eigenvalue weighted by Gasteiger charge is -2.19. The zero-order valence-corrected chi connectivity index (χ0v) is 10.7. The number of benzene rings is 1. The van der Waals surface area contributed by atoms with Gasteiger partial charge < -0.3 is 5.73 Å². The van der Waals surface area contributed by atoms with Gasteiger partial charge in [-0.2, -0.15) is 0 Å². The van der Waals surface area contributed by atoms with Crippen LogP contribution in [0.4, 0.5) is 4.39 Å². The van der Waals surface area contributed by atoms with Crippen LogP contribution in [0.5, 0.6) is 0 Å². The average molecular weight is 274 g/mol. The molecule has 0 fully saturated rings. The van der Waals surface area contributed by atoms with Crippen molar-refractivity contribution in [3.8, 4) is 0 Å². The molecule has 2 N–H and O–H groups in total. The van der Waals surface area contributed by atoms with Gasteiger partial charge in [0.2, 0.25) is 0 Å². The molecule has 1 nitrogen and oxygen atoms in total. The zero-order valence-electron chi connectivity index (χ0n) is 9.13. The molecular formula is C12H17BrFN. The van der Waals surface area contributed by atoms with E-state index in [2.05, 4.69) is 22.9 Å². The Bertz CT molecular complexity index is 325. The van der Waals surface area contributed by atoms with Gasteiger partial charge >= 0.3 is 0 Å². The van der Waals surface area contributed by atoms with Crippen LogP contribution in [-0.4, -0.2) is 6.04 Å². The lowest BCUT2D eigenvalue weighted by Crippen LogP contribution is -2.27. The van der Waals surface area contributed by atoms with Crippen LogP contribution in [-0.2, 0) is 6.42 Å². The summed E-state index contributed by atoms with van der Waals surface area (Å²) in [6, 6.07) is 5.28. The molecule has 15 heavy (non-hydrogen) atoms. The third-order valence-electron chi connectivity index (χ3n) is 2.78. The van der Waals surface area contributed by atoms with Gasteiger partial charge in [0.15, 0.2) is 0 Å². The summed E-state index contributed by atoms with van der Waals surface area (Å²) in [7, 11) is 0. The summed E-state index contributed by atoms with van der Waals surface area (Å²) < 4.78 is 13.8. The quantitative estimate of drug-likeness (QED) is 0.893. The molecule has 2 unspecified atom stereocenters. The van der Waals surface area contributed by atoms with E-state index in [1.165, 1.54) is 6.07 Å². The second-order valence-corrected chi connectivity index (χ2v) is 4.74. The van der Waals surface area contributed by atoms with Gasteiger partial charge in [0.05, 0.1) is 4.47 Å². The summed E-state index contributed by atoms with van der Waals surface area (Å²) in [6.07, 6.45) is 1.84. The van der Waals surface area contributed by atoms with E-state index in [0.717, 1.165) is 18.4 Å². The van der Waals surface area contributed by atoms with Crippen LogP contribution in [0.25, 0.3) is 0 Å². The van der Waals surface area contributed by atoms with Crippen LogP contribution in [0.3, 0.4) is 0 Å². The smallest absolute Gasteiger partial charge is 0.137 e. The Morgan fingerprint density at radius 1 is 1.47 bits per heavy atom. The fraction of sp³-hybridized carbons (Fsp3) is 0.500. The molecule has 0 aliphatic heterocycles. The minimum absolute atomic E-state index is 0.144. The van der Waals surface area contributed by atoms with Gasteiger partial charge in [0.1, 0.15) is 5.82 Å². The Hall–Kier alpha value is -0.410. The molecule has 0 aliphatic rings. The monoisotopic (exact) mass is 273 g/mol. The van der Waals surface area contributed by atoms with Crippen molar-refractivity contribution in [1.82, 2.24) is 0 Å². The predicted octanol–water partition coefficient (Wildman–Crippen LogP) is 3.50. The molecule has 0 heterocycles. The average Bonchev–Trinajstić information content (AvgIpc) is 2.19. The second kappa shape index (κ2) is 5.61. The molecule has 2 atom stereocenters. The lowest BCUT2D eigenvalue weighted by atomic mass is 9.91. The highest BCUT2D eigenvalue weighted by atomic mass is 79.9. The first kappa shape index (κ1) is 12.7. The highest BCUT2D eigenvalue weighted by Crippen LogP contribution is 2.24. The largest absolute Gasteiger partial charge is 0.328 e. The summed E-state index contributed by atoms with van der Waals surface area (Å²) >= 11 is 3.27. The minimum atomic E-state index is -0.202. The number of hydrogen-bond acceptors (Lipinski definition) is 1. The zero-order chi connectivity index (χ0) is 11.4. The Morgan fingerprint density at radius 3 is 2.67 bits per heavy atom. The molecule has 0 bridgehead atoms. The number of rotatable bonds is 4. The molecule has 0 aromatic heterocycles. The molecule has 0 saturated heterocycles. The summed E-state index contributed by atoms with van der Waals surface area (Å²) in [5.41, 5.74) is 6.87. The third-order valence-corrected chi connectivity index (χ3v) is 3.67. The van der Waals surface area contributed by atoms with E-state index in [1.54, 1.807) is 6.07 Å².